The molecule has 25 heavy (non-hydrogen) atoms. The lowest BCUT2D eigenvalue weighted by Gasteiger charge is -2.26. The van der Waals surface area contributed by atoms with Crippen LogP contribution in [0, 0.1) is 5.92 Å². The van der Waals surface area contributed by atoms with Crippen molar-refractivity contribution in [2.24, 2.45) is 16.6 Å². The van der Waals surface area contributed by atoms with Crippen LogP contribution in [0.3, 0.4) is 0 Å². The summed E-state index contributed by atoms with van der Waals surface area (Å²) in [5.74, 6) is 0.456. The maximum Gasteiger partial charge on any atom is 0.248 e. The molecule has 1 aliphatic carbocycles. The van der Waals surface area contributed by atoms with Gasteiger partial charge in [0.05, 0.1) is 6.04 Å². The Morgan fingerprint density at radius 1 is 1.20 bits per heavy atom. The molecule has 134 valence electrons. The van der Waals surface area contributed by atoms with E-state index < -0.39 is 0 Å². The predicted octanol–water partition coefficient (Wildman–Crippen LogP) is 4.13. The van der Waals surface area contributed by atoms with Crippen LogP contribution in [0.25, 0.3) is 4.91 Å². The van der Waals surface area contributed by atoms with Gasteiger partial charge in [-0.2, -0.15) is 0 Å². The largest absolute Gasteiger partial charge is 0.366 e. The summed E-state index contributed by atoms with van der Waals surface area (Å²) in [4.78, 5) is 19.8. The quantitative estimate of drug-likeness (QED) is 0.885. The summed E-state index contributed by atoms with van der Waals surface area (Å²) in [7, 11) is 2.13. The van der Waals surface area contributed by atoms with Crippen LogP contribution in [0.2, 0.25) is 0 Å². The Labute approximate surface area is 154 Å². The first kappa shape index (κ1) is 18.1. The number of carbonyl (C=O) groups is 1. The van der Waals surface area contributed by atoms with E-state index in [4.69, 9.17) is 10.7 Å². The van der Waals surface area contributed by atoms with Crippen molar-refractivity contribution in [2.45, 2.75) is 45.1 Å². The van der Waals surface area contributed by atoms with Crippen molar-refractivity contribution in [3.05, 3.63) is 41.5 Å². The van der Waals surface area contributed by atoms with Gasteiger partial charge in [-0.05, 0) is 55.7 Å². The van der Waals surface area contributed by atoms with Crippen LogP contribution in [0.4, 0.5) is 0 Å². The lowest BCUT2D eigenvalue weighted by atomic mass is 9.88. The Hall–Kier alpha value is -1.75. The molecule has 1 aliphatic heterocycles. The number of hydrogen-bond donors (Lipinski definition) is 1. The van der Waals surface area contributed by atoms with E-state index in [-0.39, 0.29) is 5.91 Å². The molecule has 1 amide bonds. The first-order valence-electron chi connectivity index (χ1n) is 9.10. The molecule has 1 heterocycles. The van der Waals surface area contributed by atoms with Crippen LogP contribution >= 0.6 is 11.8 Å². The number of primary amides is 1. The smallest absolute Gasteiger partial charge is 0.248 e. The Kier molecular flexibility index (Phi) is 5.84. The highest BCUT2D eigenvalue weighted by Gasteiger charge is 2.21. The number of amides is 1. The highest BCUT2D eigenvalue weighted by molar-refractivity contribution is 8.21. The molecule has 4 nitrogen and oxygen atoms in total. The van der Waals surface area contributed by atoms with Crippen molar-refractivity contribution in [3.63, 3.8) is 0 Å². The zero-order valence-electron chi connectivity index (χ0n) is 15.1. The molecule has 1 aromatic rings. The van der Waals surface area contributed by atoms with Gasteiger partial charge in [-0.3, -0.25) is 9.79 Å². The second-order valence-electron chi connectivity index (χ2n) is 7.15. The van der Waals surface area contributed by atoms with Crippen molar-refractivity contribution in [3.8, 4) is 0 Å². The normalized spacial score (nSPS) is 26.2. The van der Waals surface area contributed by atoms with Crippen LogP contribution in [0.5, 0.6) is 0 Å². The van der Waals surface area contributed by atoms with Crippen molar-refractivity contribution < 1.29 is 4.79 Å². The van der Waals surface area contributed by atoms with Gasteiger partial charge in [0.1, 0.15) is 0 Å². The zero-order chi connectivity index (χ0) is 17.8. The molecule has 1 fully saturated rings. The summed E-state index contributed by atoms with van der Waals surface area (Å²) in [6, 6.07) is 8.01. The minimum absolute atomic E-state index is 0.387. The molecule has 0 aromatic heterocycles. The predicted molar refractivity (Wildman–Crippen MR) is 107 cm³/mol. The maximum atomic E-state index is 11.3. The van der Waals surface area contributed by atoms with Crippen molar-refractivity contribution in [1.29, 1.82) is 0 Å². The van der Waals surface area contributed by atoms with Crippen LogP contribution in [-0.4, -0.2) is 35.6 Å². The number of hydrogen-bond acceptors (Lipinski definition) is 3. The van der Waals surface area contributed by atoms with Gasteiger partial charge < -0.3 is 10.6 Å². The maximum absolute atomic E-state index is 11.3. The van der Waals surface area contributed by atoms with E-state index in [1.165, 1.54) is 30.6 Å². The summed E-state index contributed by atoms with van der Waals surface area (Å²) < 4.78 is 0. The van der Waals surface area contributed by atoms with E-state index in [0.717, 1.165) is 29.6 Å². The molecule has 5 heteroatoms. The number of rotatable bonds is 3. The molecular weight excluding hydrogens is 330 g/mol. The van der Waals surface area contributed by atoms with Gasteiger partial charge >= 0.3 is 0 Å². The topological polar surface area (TPSA) is 58.7 Å². The molecule has 2 aliphatic rings. The molecule has 3 rings (SSSR count). The molecule has 0 spiro atoms. The zero-order valence-corrected chi connectivity index (χ0v) is 15.9. The molecule has 2 N–H and O–H groups in total. The molecule has 0 atom stereocenters. The Morgan fingerprint density at radius 2 is 1.88 bits per heavy atom. The van der Waals surface area contributed by atoms with Crippen LogP contribution in [-0.2, 0) is 0 Å². The summed E-state index contributed by atoms with van der Waals surface area (Å²) >= 11 is 1.74. The lowest BCUT2D eigenvalue weighted by Crippen LogP contribution is -2.27. The molecule has 0 bridgehead atoms. The van der Waals surface area contributed by atoms with Crippen LogP contribution in [0.15, 0.2) is 35.3 Å². The Morgan fingerprint density at radius 3 is 2.52 bits per heavy atom. The number of nitrogens with two attached hydrogens (primary N) is 1. The van der Waals surface area contributed by atoms with E-state index in [0.29, 0.717) is 11.6 Å². The molecule has 1 saturated carbocycles. The van der Waals surface area contributed by atoms with Gasteiger partial charge in [-0.15, -0.1) is 0 Å². The van der Waals surface area contributed by atoms with Crippen LogP contribution in [0.1, 0.15) is 54.9 Å². The average Bonchev–Trinajstić information content (AvgIpc) is 2.79. The summed E-state index contributed by atoms with van der Waals surface area (Å²) in [5, 5.41) is 1.11. The minimum Gasteiger partial charge on any atom is -0.366 e. The Balaban J connectivity index is 1.77. The fourth-order valence-corrected chi connectivity index (χ4v) is 4.43. The minimum atomic E-state index is -0.387. The van der Waals surface area contributed by atoms with Gasteiger partial charge in [0.15, 0.2) is 5.17 Å². The second-order valence-corrected chi connectivity index (χ2v) is 8.16. The fourth-order valence-electron chi connectivity index (χ4n) is 3.33. The number of amidine groups is 1. The third-order valence-electron chi connectivity index (χ3n) is 5.05. The molecule has 0 unspecified atom stereocenters. The fraction of sp³-hybridized carbons (Fsp3) is 0.500. The first-order valence-corrected chi connectivity index (χ1v) is 9.92. The number of aliphatic imine (C=N–C) groups is 1. The standard InChI is InChI=1S/C20H27N3OS/c1-14-5-11-17(12-6-14)22-20-23(2)13-3-4-18(25-20)15-7-9-16(10-8-15)19(21)24/h4,7-10,14,17H,3,5-6,11-13H2,1-2H3,(H2,21,24). The summed E-state index contributed by atoms with van der Waals surface area (Å²) in [5.41, 5.74) is 7.00. The lowest BCUT2D eigenvalue weighted by molar-refractivity contribution is 0.100. The molecule has 0 saturated heterocycles. The third kappa shape index (κ3) is 4.66. The summed E-state index contributed by atoms with van der Waals surface area (Å²) in [6.45, 7) is 3.32. The summed E-state index contributed by atoms with van der Waals surface area (Å²) in [6.07, 6.45) is 8.24. The third-order valence-corrected chi connectivity index (χ3v) is 6.28. The number of carbonyl (C=O) groups excluding carboxylic acids is 1. The highest BCUT2D eigenvalue weighted by Crippen LogP contribution is 2.34. The van der Waals surface area contributed by atoms with E-state index in [9.17, 15) is 4.79 Å². The van der Waals surface area contributed by atoms with Gasteiger partial charge in [0, 0.05) is 24.1 Å². The van der Waals surface area contributed by atoms with Gasteiger partial charge in [-0.25, -0.2) is 0 Å². The van der Waals surface area contributed by atoms with Crippen molar-refractivity contribution in [2.75, 3.05) is 13.6 Å². The van der Waals surface area contributed by atoms with Gasteiger partial charge in [-0.1, -0.05) is 36.9 Å². The molecule has 0 radical (unpaired) electrons. The average molecular weight is 358 g/mol. The van der Waals surface area contributed by atoms with Crippen molar-refractivity contribution in [1.82, 2.24) is 4.90 Å². The van der Waals surface area contributed by atoms with Crippen molar-refractivity contribution >= 4 is 27.7 Å². The number of nitrogens with zero attached hydrogens (tertiary/aromatic N) is 2. The first-order chi connectivity index (χ1) is 12.0. The van der Waals surface area contributed by atoms with E-state index in [2.05, 4.69) is 24.9 Å². The van der Waals surface area contributed by atoms with E-state index >= 15 is 0 Å². The Bertz CT molecular complexity index is 673. The van der Waals surface area contributed by atoms with E-state index in [1.807, 2.05) is 12.1 Å². The van der Waals surface area contributed by atoms with Gasteiger partial charge in [0.2, 0.25) is 5.91 Å². The molecule has 1 aromatic carbocycles. The SMILES string of the molecule is CC1CCC(N=C2SC(c3ccc(C(N)=O)cc3)=CCCN2C)CC1. The highest BCUT2D eigenvalue weighted by atomic mass is 32.2. The van der Waals surface area contributed by atoms with Gasteiger partial charge in [0.25, 0.3) is 0 Å². The molecular formula is C20H27N3OS. The second kappa shape index (κ2) is 8.09. The van der Waals surface area contributed by atoms with Crippen LogP contribution < -0.4 is 5.73 Å². The number of benzene rings is 1. The van der Waals surface area contributed by atoms with E-state index in [1.54, 1.807) is 23.9 Å². The number of thioether (sulfide) groups is 1. The monoisotopic (exact) mass is 357 g/mol.